The lowest BCUT2D eigenvalue weighted by Crippen LogP contribution is -2.12. The van der Waals surface area contributed by atoms with E-state index in [0.29, 0.717) is 11.3 Å². The maximum absolute atomic E-state index is 13.0. The van der Waals surface area contributed by atoms with Crippen molar-refractivity contribution in [2.45, 2.75) is 0 Å². The van der Waals surface area contributed by atoms with Crippen LogP contribution in [0.5, 0.6) is 0 Å². The summed E-state index contributed by atoms with van der Waals surface area (Å²) in [5.41, 5.74) is 1.81. The maximum Gasteiger partial charge on any atom is 0.255 e. The third-order valence-electron chi connectivity index (χ3n) is 2.50. The first-order valence-corrected chi connectivity index (χ1v) is 5.54. The third kappa shape index (κ3) is 2.85. The smallest absolute Gasteiger partial charge is 0.255 e. The van der Waals surface area contributed by atoms with Gasteiger partial charge in [0.05, 0.1) is 0 Å². The molecule has 2 aromatic rings. The molecule has 0 atom stereocenters. The Labute approximate surface area is 105 Å². The Bertz CT molecular complexity index is 569. The van der Waals surface area contributed by atoms with Crippen LogP contribution in [0.1, 0.15) is 10.4 Å². The van der Waals surface area contributed by atoms with Gasteiger partial charge in [-0.15, -0.1) is 0 Å². The summed E-state index contributed by atoms with van der Waals surface area (Å²) in [6.45, 7) is 0. The summed E-state index contributed by atoms with van der Waals surface area (Å²) in [5, 5.41) is 5.60. The topological polar surface area (TPSA) is 41.1 Å². The highest BCUT2D eigenvalue weighted by molar-refractivity contribution is 6.04. The van der Waals surface area contributed by atoms with Crippen molar-refractivity contribution >= 4 is 17.3 Å². The number of hydrogen-bond acceptors (Lipinski definition) is 2. The molecule has 4 heteroatoms. The van der Waals surface area contributed by atoms with Gasteiger partial charge in [0.1, 0.15) is 5.82 Å². The van der Waals surface area contributed by atoms with Crippen molar-refractivity contribution in [1.82, 2.24) is 0 Å². The van der Waals surface area contributed by atoms with Crippen LogP contribution in [0.4, 0.5) is 15.8 Å². The summed E-state index contributed by atoms with van der Waals surface area (Å²) >= 11 is 0. The molecule has 2 aromatic carbocycles. The van der Waals surface area contributed by atoms with Gasteiger partial charge in [-0.2, -0.15) is 0 Å². The standard InChI is InChI=1S/C14H13FN2O/c1-16-12-6-2-4-10(8-12)14(18)17-13-7-3-5-11(15)9-13/h2-9,16H,1H3,(H,17,18). The zero-order chi connectivity index (χ0) is 13.0. The first-order valence-electron chi connectivity index (χ1n) is 5.54. The Kier molecular flexibility index (Phi) is 3.57. The van der Waals surface area contributed by atoms with Crippen molar-refractivity contribution < 1.29 is 9.18 Å². The lowest BCUT2D eigenvalue weighted by atomic mass is 10.2. The fourth-order valence-electron chi connectivity index (χ4n) is 1.59. The van der Waals surface area contributed by atoms with Crippen LogP contribution in [0.2, 0.25) is 0 Å². The molecule has 0 radical (unpaired) electrons. The fraction of sp³-hybridized carbons (Fsp3) is 0.0714. The SMILES string of the molecule is CNc1cccc(C(=O)Nc2cccc(F)c2)c1. The molecule has 2 rings (SSSR count). The Hall–Kier alpha value is -2.36. The van der Waals surface area contributed by atoms with Crippen LogP contribution < -0.4 is 10.6 Å². The van der Waals surface area contributed by atoms with Crippen LogP contribution in [0.15, 0.2) is 48.5 Å². The van der Waals surface area contributed by atoms with Gasteiger partial charge in [-0.05, 0) is 36.4 Å². The highest BCUT2D eigenvalue weighted by atomic mass is 19.1. The van der Waals surface area contributed by atoms with E-state index in [9.17, 15) is 9.18 Å². The second-order valence-electron chi connectivity index (χ2n) is 3.80. The molecule has 0 aliphatic heterocycles. The number of benzene rings is 2. The van der Waals surface area contributed by atoms with Crippen molar-refractivity contribution in [3.8, 4) is 0 Å². The van der Waals surface area contributed by atoms with Crippen LogP contribution in [0, 0.1) is 5.82 Å². The van der Waals surface area contributed by atoms with Crippen molar-refractivity contribution in [3.63, 3.8) is 0 Å². The van der Waals surface area contributed by atoms with E-state index in [4.69, 9.17) is 0 Å². The summed E-state index contributed by atoms with van der Waals surface area (Å²) < 4.78 is 13.0. The minimum atomic E-state index is -0.378. The third-order valence-corrected chi connectivity index (χ3v) is 2.50. The maximum atomic E-state index is 13.0. The molecule has 1 amide bonds. The molecule has 0 aliphatic carbocycles. The van der Waals surface area contributed by atoms with E-state index >= 15 is 0 Å². The first-order chi connectivity index (χ1) is 8.69. The average Bonchev–Trinajstić information content (AvgIpc) is 2.39. The summed E-state index contributed by atoms with van der Waals surface area (Å²) in [6.07, 6.45) is 0. The van der Waals surface area contributed by atoms with E-state index in [-0.39, 0.29) is 11.7 Å². The van der Waals surface area contributed by atoms with Gasteiger partial charge in [0.15, 0.2) is 0 Å². The monoisotopic (exact) mass is 244 g/mol. The number of rotatable bonds is 3. The van der Waals surface area contributed by atoms with Crippen LogP contribution in [0.3, 0.4) is 0 Å². The zero-order valence-corrected chi connectivity index (χ0v) is 9.91. The summed E-state index contributed by atoms with van der Waals surface area (Å²) in [6, 6.07) is 12.9. The van der Waals surface area contributed by atoms with Gasteiger partial charge in [0, 0.05) is 24.0 Å². The molecular formula is C14H13FN2O. The fourth-order valence-corrected chi connectivity index (χ4v) is 1.59. The Morgan fingerprint density at radius 3 is 2.50 bits per heavy atom. The van der Waals surface area contributed by atoms with Gasteiger partial charge in [-0.1, -0.05) is 12.1 Å². The molecule has 2 N–H and O–H groups in total. The van der Waals surface area contributed by atoms with Crippen LogP contribution in [0.25, 0.3) is 0 Å². The van der Waals surface area contributed by atoms with Gasteiger partial charge in [0.2, 0.25) is 0 Å². The second kappa shape index (κ2) is 5.31. The first kappa shape index (κ1) is 12.1. The highest BCUT2D eigenvalue weighted by Gasteiger charge is 2.06. The molecule has 0 saturated carbocycles. The largest absolute Gasteiger partial charge is 0.388 e. The predicted octanol–water partition coefficient (Wildman–Crippen LogP) is 3.12. The molecule has 0 fully saturated rings. The van der Waals surface area contributed by atoms with E-state index in [1.54, 1.807) is 37.4 Å². The number of halogens is 1. The number of hydrogen-bond donors (Lipinski definition) is 2. The average molecular weight is 244 g/mol. The van der Waals surface area contributed by atoms with E-state index in [1.165, 1.54) is 12.1 Å². The number of amides is 1. The Morgan fingerprint density at radius 2 is 1.78 bits per heavy atom. The van der Waals surface area contributed by atoms with E-state index < -0.39 is 0 Å². The van der Waals surface area contributed by atoms with Crippen LogP contribution in [-0.2, 0) is 0 Å². The van der Waals surface area contributed by atoms with Gasteiger partial charge >= 0.3 is 0 Å². The predicted molar refractivity (Wildman–Crippen MR) is 70.3 cm³/mol. The number of anilines is 2. The number of nitrogens with one attached hydrogen (secondary N) is 2. The zero-order valence-electron chi connectivity index (χ0n) is 9.91. The van der Waals surface area contributed by atoms with Gasteiger partial charge in [0.25, 0.3) is 5.91 Å². The molecule has 18 heavy (non-hydrogen) atoms. The van der Waals surface area contributed by atoms with E-state index in [2.05, 4.69) is 10.6 Å². The van der Waals surface area contributed by atoms with Gasteiger partial charge in [-0.3, -0.25) is 4.79 Å². The molecule has 92 valence electrons. The second-order valence-corrected chi connectivity index (χ2v) is 3.80. The number of carbonyl (C=O) groups is 1. The van der Waals surface area contributed by atoms with Crippen molar-refractivity contribution in [2.24, 2.45) is 0 Å². The molecule has 0 bridgehead atoms. The molecule has 0 unspecified atom stereocenters. The van der Waals surface area contributed by atoms with Crippen LogP contribution in [-0.4, -0.2) is 13.0 Å². The molecular weight excluding hydrogens is 231 g/mol. The molecule has 0 heterocycles. The number of carbonyl (C=O) groups excluding carboxylic acids is 1. The lowest BCUT2D eigenvalue weighted by Gasteiger charge is -2.06. The molecule has 0 saturated heterocycles. The van der Waals surface area contributed by atoms with Gasteiger partial charge in [-0.25, -0.2) is 4.39 Å². The van der Waals surface area contributed by atoms with E-state index in [0.717, 1.165) is 5.69 Å². The molecule has 0 spiro atoms. The summed E-state index contributed by atoms with van der Waals surface area (Å²) in [5.74, 6) is -0.644. The van der Waals surface area contributed by atoms with Crippen molar-refractivity contribution in [3.05, 3.63) is 59.9 Å². The summed E-state index contributed by atoms with van der Waals surface area (Å²) in [4.78, 5) is 11.9. The molecule has 3 nitrogen and oxygen atoms in total. The minimum absolute atomic E-state index is 0.266. The van der Waals surface area contributed by atoms with Crippen molar-refractivity contribution in [1.29, 1.82) is 0 Å². The highest BCUT2D eigenvalue weighted by Crippen LogP contribution is 2.13. The quantitative estimate of drug-likeness (QED) is 0.871. The van der Waals surface area contributed by atoms with Gasteiger partial charge < -0.3 is 10.6 Å². The normalized spacial score (nSPS) is 9.89. The van der Waals surface area contributed by atoms with Crippen molar-refractivity contribution in [2.75, 3.05) is 17.7 Å². The molecule has 0 aliphatic rings. The Morgan fingerprint density at radius 1 is 1.06 bits per heavy atom. The van der Waals surface area contributed by atoms with Crippen LogP contribution >= 0.6 is 0 Å². The molecule has 0 aromatic heterocycles. The van der Waals surface area contributed by atoms with E-state index in [1.807, 2.05) is 6.07 Å². The Balaban J connectivity index is 2.16. The minimum Gasteiger partial charge on any atom is -0.388 e. The summed E-state index contributed by atoms with van der Waals surface area (Å²) in [7, 11) is 1.78. The lowest BCUT2D eigenvalue weighted by molar-refractivity contribution is 0.102.